The van der Waals surface area contributed by atoms with Crippen LogP contribution in [-0.2, 0) is 13.0 Å². The highest BCUT2D eigenvalue weighted by Crippen LogP contribution is 2.31. The summed E-state index contributed by atoms with van der Waals surface area (Å²) in [6, 6.07) is 13.0. The predicted octanol–water partition coefficient (Wildman–Crippen LogP) is 4.40. The molecule has 3 aromatic rings. The summed E-state index contributed by atoms with van der Waals surface area (Å²) in [6.07, 6.45) is 5.14. The lowest BCUT2D eigenvalue weighted by Gasteiger charge is -2.23. The Kier molecular flexibility index (Phi) is 4.06. The van der Waals surface area contributed by atoms with Gasteiger partial charge in [-0.3, -0.25) is 0 Å². The third-order valence-electron chi connectivity index (χ3n) is 4.87. The van der Waals surface area contributed by atoms with Crippen molar-refractivity contribution in [2.75, 3.05) is 20.7 Å². The minimum atomic E-state index is -0.181. The molecule has 1 aliphatic heterocycles. The van der Waals surface area contributed by atoms with Gasteiger partial charge < -0.3 is 14.2 Å². The average Bonchev–Trinajstić information content (AvgIpc) is 2.92. The molecule has 1 aromatic heterocycles. The van der Waals surface area contributed by atoms with Gasteiger partial charge in [-0.1, -0.05) is 12.1 Å². The van der Waals surface area contributed by atoms with Gasteiger partial charge in [0.25, 0.3) is 0 Å². The molecule has 0 radical (unpaired) electrons. The van der Waals surface area contributed by atoms with Gasteiger partial charge in [-0.25, -0.2) is 4.39 Å². The quantitative estimate of drug-likeness (QED) is 0.705. The Labute approximate surface area is 146 Å². The van der Waals surface area contributed by atoms with Gasteiger partial charge in [-0.05, 0) is 54.6 Å². The minimum Gasteiger partial charge on any atom is -0.497 e. The fourth-order valence-electron chi connectivity index (χ4n) is 3.55. The highest BCUT2D eigenvalue weighted by atomic mass is 19.1. The third kappa shape index (κ3) is 2.94. The molecule has 0 saturated heterocycles. The third-order valence-corrected chi connectivity index (χ3v) is 4.87. The summed E-state index contributed by atoms with van der Waals surface area (Å²) in [7, 11) is 3.78. The van der Waals surface area contributed by atoms with Gasteiger partial charge in [-0.2, -0.15) is 0 Å². The molecule has 4 rings (SSSR count). The van der Waals surface area contributed by atoms with Crippen LogP contribution in [-0.4, -0.2) is 30.2 Å². The molecule has 2 aromatic carbocycles. The second-order valence-corrected chi connectivity index (χ2v) is 6.53. The van der Waals surface area contributed by atoms with E-state index >= 15 is 0 Å². The number of hydrogen-bond donors (Lipinski definition) is 0. The van der Waals surface area contributed by atoms with Gasteiger partial charge >= 0.3 is 0 Å². The van der Waals surface area contributed by atoms with E-state index in [4.69, 9.17) is 4.74 Å². The maximum absolute atomic E-state index is 13.8. The number of hydrogen-bond acceptors (Lipinski definition) is 2. The number of halogens is 1. The zero-order valence-corrected chi connectivity index (χ0v) is 14.5. The summed E-state index contributed by atoms with van der Waals surface area (Å²) in [6.45, 7) is 1.88. The fraction of sp³-hybridized carbons (Fsp3) is 0.238. The van der Waals surface area contributed by atoms with Crippen LogP contribution >= 0.6 is 0 Å². The van der Waals surface area contributed by atoms with Crippen molar-refractivity contribution in [2.45, 2.75) is 13.0 Å². The SMILES string of the molecule is COc1ccc(/C=C/n2c3c(c4cc(F)ccc42)CN(C)CC3)cc1. The van der Waals surface area contributed by atoms with Gasteiger partial charge in [0, 0.05) is 36.8 Å². The molecule has 0 fully saturated rings. The van der Waals surface area contributed by atoms with E-state index in [1.54, 1.807) is 13.2 Å². The highest BCUT2D eigenvalue weighted by Gasteiger charge is 2.21. The van der Waals surface area contributed by atoms with Crippen molar-refractivity contribution in [3.8, 4) is 5.75 Å². The van der Waals surface area contributed by atoms with E-state index in [1.165, 1.54) is 17.3 Å². The number of benzene rings is 2. The van der Waals surface area contributed by atoms with Crippen molar-refractivity contribution in [1.29, 1.82) is 0 Å². The molecule has 0 unspecified atom stereocenters. The Hall–Kier alpha value is -2.59. The van der Waals surface area contributed by atoms with Crippen LogP contribution in [0.15, 0.2) is 42.5 Å². The van der Waals surface area contributed by atoms with E-state index in [-0.39, 0.29) is 5.82 Å². The predicted molar refractivity (Wildman–Crippen MR) is 100 cm³/mol. The maximum atomic E-state index is 13.8. The summed E-state index contributed by atoms with van der Waals surface area (Å²) in [5.74, 6) is 0.666. The fourth-order valence-corrected chi connectivity index (χ4v) is 3.55. The van der Waals surface area contributed by atoms with Crippen molar-refractivity contribution >= 4 is 23.2 Å². The van der Waals surface area contributed by atoms with E-state index in [2.05, 4.69) is 28.8 Å². The largest absolute Gasteiger partial charge is 0.497 e. The first kappa shape index (κ1) is 15.9. The van der Waals surface area contributed by atoms with Crippen LogP contribution in [0.1, 0.15) is 16.8 Å². The van der Waals surface area contributed by atoms with Gasteiger partial charge in [0.05, 0.1) is 12.6 Å². The lowest BCUT2D eigenvalue weighted by molar-refractivity contribution is 0.312. The molecular formula is C21H21FN2O. The van der Waals surface area contributed by atoms with Gasteiger partial charge in [0.2, 0.25) is 0 Å². The van der Waals surface area contributed by atoms with E-state index in [0.717, 1.165) is 41.7 Å². The van der Waals surface area contributed by atoms with Crippen LogP contribution in [0.25, 0.3) is 23.2 Å². The molecule has 25 heavy (non-hydrogen) atoms. The molecule has 0 amide bonds. The smallest absolute Gasteiger partial charge is 0.123 e. The van der Waals surface area contributed by atoms with Gasteiger partial charge in [-0.15, -0.1) is 0 Å². The summed E-state index contributed by atoms with van der Waals surface area (Å²) in [5.41, 5.74) is 4.68. The van der Waals surface area contributed by atoms with Gasteiger partial charge in [0.1, 0.15) is 11.6 Å². The molecule has 0 saturated carbocycles. The first-order valence-electron chi connectivity index (χ1n) is 8.47. The molecule has 2 heterocycles. The second-order valence-electron chi connectivity index (χ2n) is 6.53. The number of aromatic nitrogens is 1. The number of nitrogens with zero attached hydrogens (tertiary/aromatic N) is 2. The van der Waals surface area contributed by atoms with Crippen LogP contribution in [0.4, 0.5) is 4.39 Å². The number of ether oxygens (including phenoxy) is 1. The van der Waals surface area contributed by atoms with Crippen LogP contribution in [0, 0.1) is 5.82 Å². The van der Waals surface area contributed by atoms with Crippen molar-refractivity contribution in [3.05, 3.63) is 65.1 Å². The Bertz CT molecular complexity index is 941. The zero-order chi connectivity index (χ0) is 17.4. The summed E-state index contributed by atoms with van der Waals surface area (Å²) in [4.78, 5) is 2.28. The van der Waals surface area contributed by atoms with Crippen LogP contribution in [0.5, 0.6) is 5.75 Å². The van der Waals surface area contributed by atoms with E-state index < -0.39 is 0 Å². The average molecular weight is 336 g/mol. The number of methoxy groups -OCH3 is 1. The molecule has 1 aliphatic rings. The van der Waals surface area contributed by atoms with Gasteiger partial charge in [0.15, 0.2) is 0 Å². The molecular weight excluding hydrogens is 315 g/mol. The molecule has 128 valence electrons. The molecule has 0 bridgehead atoms. The van der Waals surface area contributed by atoms with E-state index in [9.17, 15) is 4.39 Å². The van der Waals surface area contributed by atoms with Crippen LogP contribution in [0.3, 0.4) is 0 Å². The van der Waals surface area contributed by atoms with Crippen molar-refractivity contribution in [1.82, 2.24) is 9.47 Å². The monoisotopic (exact) mass is 336 g/mol. The van der Waals surface area contributed by atoms with Crippen LogP contribution < -0.4 is 4.74 Å². The Balaban J connectivity index is 1.79. The van der Waals surface area contributed by atoms with Crippen molar-refractivity contribution in [2.24, 2.45) is 0 Å². The van der Waals surface area contributed by atoms with Crippen LogP contribution in [0.2, 0.25) is 0 Å². The van der Waals surface area contributed by atoms with E-state index in [0.29, 0.717) is 0 Å². The topological polar surface area (TPSA) is 17.4 Å². The summed E-state index contributed by atoms with van der Waals surface area (Å²) < 4.78 is 21.2. The molecule has 0 spiro atoms. The van der Waals surface area contributed by atoms with E-state index in [1.807, 2.05) is 30.3 Å². The second kappa shape index (κ2) is 6.37. The number of fused-ring (bicyclic) bond motifs is 3. The molecule has 3 nitrogen and oxygen atoms in total. The van der Waals surface area contributed by atoms with Crippen molar-refractivity contribution < 1.29 is 9.13 Å². The maximum Gasteiger partial charge on any atom is 0.123 e. The minimum absolute atomic E-state index is 0.181. The molecule has 0 aliphatic carbocycles. The lowest BCUT2D eigenvalue weighted by Crippen LogP contribution is -2.26. The standard InChI is InChI=1S/C21H21FN2O/c1-23-11-10-21-19(14-23)18-13-16(22)5-8-20(18)24(21)12-9-15-3-6-17(25-2)7-4-15/h3-9,12-13H,10-11,14H2,1-2H3/b12-9+. The molecule has 0 atom stereocenters. The highest BCUT2D eigenvalue weighted by molar-refractivity contribution is 5.88. The Morgan fingerprint density at radius 1 is 1.12 bits per heavy atom. The lowest BCUT2D eigenvalue weighted by atomic mass is 10.1. The Morgan fingerprint density at radius 3 is 2.68 bits per heavy atom. The first-order chi connectivity index (χ1) is 12.2. The number of likely N-dealkylation sites (N-methyl/N-ethyl adjacent to an activating group) is 1. The summed E-state index contributed by atoms with van der Waals surface area (Å²) in [5, 5.41) is 1.01. The first-order valence-corrected chi connectivity index (χ1v) is 8.47. The Morgan fingerprint density at radius 2 is 1.92 bits per heavy atom. The number of rotatable bonds is 3. The molecule has 0 N–H and O–H groups in total. The summed E-state index contributed by atoms with van der Waals surface area (Å²) >= 11 is 0. The normalized spacial score (nSPS) is 15.0. The molecule has 4 heteroatoms. The zero-order valence-electron chi connectivity index (χ0n) is 14.5. The van der Waals surface area contributed by atoms with Crippen molar-refractivity contribution in [3.63, 3.8) is 0 Å².